The Morgan fingerprint density at radius 2 is 1.82 bits per heavy atom. The third kappa shape index (κ3) is 8.55. The van der Waals surface area contributed by atoms with Crippen molar-refractivity contribution in [3.63, 3.8) is 0 Å². The Hall–Kier alpha value is -0.860. The molecule has 1 aromatic carbocycles. The van der Waals surface area contributed by atoms with E-state index in [1.807, 2.05) is 12.1 Å². The summed E-state index contributed by atoms with van der Waals surface area (Å²) in [5.41, 5.74) is 2.37. The molecule has 0 aliphatic rings. The van der Waals surface area contributed by atoms with Crippen molar-refractivity contribution in [1.82, 2.24) is 10.6 Å². The van der Waals surface area contributed by atoms with Crippen molar-refractivity contribution in [1.29, 1.82) is 0 Å². The number of rotatable bonds is 9. The molecule has 126 valence electrons. The summed E-state index contributed by atoms with van der Waals surface area (Å²) in [5, 5.41) is 6.55. The van der Waals surface area contributed by atoms with E-state index < -0.39 is 0 Å². The second-order valence-electron chi connectivity index (χ2n) is 4.67. The lowest BCUT2D eigenvalue weighted by Gasteiger charge is -2.12. The predicted octanol–water partition coefficient (Wildman–Crippen LogP) is 2.54. The number of aliphatic imine (C=N–C) groups is 1. The van der Waals surface area contributed by atoms with Crippen molar-refractivity contribution in [3.05, 3.63) is 35.4 Å². The standard InChI is InChI=1S/C16H27N3O2.HI/c1-4-17-16(18-10-7-11-20-2)19-12-14-8-5-6-9-15(14)13-21-3;/h5-6,8-9H,4,7,10-13H2,1-3H3,(H2,17,18,19);1H. The van der Waals surface area contributed by atoms with Gasteiger partial charge in [-0.1, -0.05) is 24.3 Å². The summed E-state index contributed by atoms with van der Waals surface area (Å²) >= 11 is 0. The van der Waals surface area contributed by atoms with E-state index in [4.69, 9.17) is 9.47 Å². The first-order chi connectivity index (χ1) is 10.3. The summed E-state index contributed by atoms with van der Waals surface area (Å²) in [4.78, 5) is 4.62. The van der Waals surface area contributed by atoms with Gasteiger partial charge >= 0.3 is 0 Å². The van der Waals surface area contributed by atoms with E-state index in [-0.39, 0.29) is 24.0 Å². The molecule has 0 saturated heterocycles. The van der Waals surface area contributed by atoms with Gasteiger partial charge in [0.2, 0.25) is 0 Å². The average molecular weight is 421 g/mol. The number of hydrogen-bond acceptors (Lipinski definition) is 3. The number of nitrogens with one attached hydrogen (secondary N) is 2. The number of nitrogens with zero attached hydrogens (tertiary/aromatic N) is 1. The lowest BCUT2D eigenvalue weighted by Crippen LogP contribution is -2.38. The third-order valence-corrected chi connectivity index (χ3v) is 2.99. The first-order valence-corrected chi connectivity index (χ1v) is 7.38. The highest BCUT2D eigenvalue weighted by Crippen LogP contribution is 2.11. The maximum atomic E-state index is 5.22. The summed E-state index contributed by atoms with van der Waals surface area (Å²) in [5.74, 6) is 0.834. The number of benzene rings is 1. The largest absolute Gasteiger partial charge is 0.385 e. The number of ether oxygens (including phenoxy) is 2. The van der Waals surface area contributed by atoms with Crippen molar-refractivity contribution >= 4 is 29.9 Å². The Balaban J connectivity index is 0.00000441. The van der Waals surface area contributed by atoms with Gasteiger partial charge in [-0.15, -0.1) is 24.0 Å². The number of methoxy groups -OCH3 is 2. The van der Waals surface area contributed by atoms with Crippen LogP contribution in [-0.4, -0.2) is 39.9 Å². The number of guanidine groups is 1. The molecule has 0 unspecified atom stereocenters. The van der Waals surface area contributed by atoms with Crippen LogP contribution in [0, 0.1) is 0 Å². The summed E-state index contributed by atoms with van der Waals surface area (Å²) in [7, 11) is 3.42. The fourth-order valence-corrected chi connectivity index (χ4v) is 1.94. The van der Waals surface area contributed by atoms with Gasteiger partial charge in [0, 0.05) is 33.9 Å². The zero-order chi connectivity index (χ0) is 15.3. The highest BCUT2D eigenvalue weighted by Gasteiger charge is 2.02. The molecule has 0 fully saturated rings. The van der Waals surface area contributed by atoms with Crippen LogP contribution in [0.25, 0.3) is 0 Å². The molecule has 0 saturated carbocycles. The highest BCUT2D eigenvalue weighted by molar-refractivity contribution is 14.0. The van der Waals surface area contributed by atoms with Crippen molar-refractivity contribution in [2.75, 3.05) is 33.9 Å². The van der Waals surface area contributed by atoms with Crippen LogP contribution in [0.1, 0.15) is 24.5 Å². The van der Waals surface area contributed by atoms with Crippen molar-refractivity contribution in [3.8, 4) is 0 Å². The Labute approximate surface area is 150 Å². The molecule has 6 heteroatoms. The molecule has 0 aliphatic carbocycles. The van der Waals surface area contributed by atoms with Gasteiger partial charge in [-0.25, -0.2) is 4.99 Å². The van der Waals surface area contributed by atoms with Crippen LogP contribution in [0.3, 0.4) is 0 Å². The third-order valence-electron chi connectivity index (χ3n) is 2.99. The van der Waals surface area contributed by atoms with Crippen LogP contribution in [0.4, 0.5) is 0 Å². The molecule has 0 radical (unpaired) electrons. The summed E-state index contributed by atoms with van der Waals surface area (Å²) in [6, 6.07) is 8.22. The van der Waals surface area contributed by atoms with Gasteiger partial charge in [0.1, 0.15) is 0 Å². The summed E-state index contributed by atoms with van der Waals surface area (Å²) < 4.78 is 10.3. The maximum Gasteiger partial charge on any atom is 0.191 e. The Bertz CT molecular complexity index is 428. The lowest BCUT2D eigenvalue weighted by atomic mass is 10.1. The molecule has 0 aromatic heterocycles. The lowest BCUT2D eigenvalue weighted by molar-refractivity contribution is 0.184. The first-order valence-electron chi connectivity index (χ1n) is 7.38. The van der Waals surface area contributed by atoms with E-state index in [2.05, 4.69) is 34.7 Å². The minimum absolute atomic E-state index is 0. The molecule has 0 atom stereocenters. The van der Waals surface area contributed by atoms with E-state index in [9.17, 15) is 0 Å². The normalized spacial score (nSPS) is 11.0. The number of hydrogen-bond donors (Lipinski definition) is 2. The second kappa shape index (κ2) is 13.8. The smallest absolute Gasteiger partial charge is 0.191 e. The quantitative estimate of drug-likeness (QED) is 0.279. The molecular weight excluding hydrogens is 393 g/mol. The zero-order valence-corrected chi connectivity index (χ0v) is 16.1. The number of halogens is 1. The summed E-state index contributed by atoms with van der Waals surface area (Å²) in [6.07, 6.45) is 0.959. The molecular formula is C16H28IN3O2. The van der Waals surface area contributed by atoms with Crippen LogP contribution < -0.4 is 10.6 Å². The van der Waals surface area contributed by atoms with E-state index in [0.29, 0.717) is 13.2 Å². The van der Waals surface area contributed by atoms with Gasteiger partial charge in [-0.2, -0.15) is 0 Å². The molecule has 0 heterocycles. The highest BCUT2D eigenvalue weighted by atomic mass is 127. The molecule has 0 spiro atoms. The van der Waals surface area contributed by atoms with E-state index >= 15 is 0 Å². The van der Waals surface area contributed by atoms with Crippen LogP contribution in [-0.2, 0) is 22.6 Å². The molecule has 0 bridgehead atoms. The van der Waals surface area contributed by atoms with Crippen LogP contribution in [0.5, 0.6) is 0 Å². The monoisotopic (exact) mass is 421 g/mol. The molecule has 2 N–H and O–H groups in total. The summed E-state index contributed by atoms with van der Waals surface area (Å²) in [6.45, 7) is 5.76. The maximum absolute atomic E-state index is 5.22. The molecule has 0 amide bonds. The first kappa shape index (κ1) is 21.1. The van der Waals surface area contributed by atoms with Gasteiger partial charge in [0.25, 0.3) is 0 Å². The van der Waals surface area contributed by atoms with E-state index in [1.54, 1.807) is 14.2 Å². The molecule has 5 nitrogen and oxygen atoms in total. The minimum atomic E-state index is 0. The van der Waals surface area contributed by atoms with Crippen LogP contribution >= 0.6 is 24.0 Å². The SMILES string of the molecule is CCNC(=NCc1ccccc1COC)NCCCOC.I. The topological polar surface area (TPSA) is 54.9 Å². The Kier molecular flexibility index (Phi) is 13.2. The Morgan fingerprint density at radius 3 is 2.45 bits per heavy atom. The average Bonchev–Trinajstić information content (AvgIpc) is 2.50. The van der Waals surface area contributed by atoms with Gasteiger partial charge in [0.05, 0.1) is 13.2 Å². The minimum Gasteiger partial charge on any atom is -0.385 e. The van der Waals surface area contributed by atoms with Gasteiger partial charge < -0.3 is 20.1 Å². The van der Waals surface area contributed by atoms with Gasteiger partial charge in [-0.05, 0) is 24.5 Å². The van der Waals surface area contributed by atoms with Crippen molar-refractivity contribution in [2.45, 2.75) is 26.5 Å². The second-order valence-corrected chi connectivity index (χ2v) is 4.67. The van der Waals surface area contributed by atoms with Crippen LogP contribution in [0.2, 0.25) is 0 Å². The molecule has 0 aliphatic heterocycles. The fourth-order valence-electron chi connectivity index (χ4n) is 1.94. The zero-order valence-electron chi connectivity index (χ0n) is 13.7. The van der Waals surface area contributed by atoms with Crippen LogP contribution in [0.15, 0.2) is 29.3 Å². The van der Waals surface area contributed by atoms with E-state index in [1.165, 1.54) is 11.1 Å². The van der Waals surface area contributed by atoms with E-state index in [0.717, 1.165) is 32.1 Å². The molecule has 22 heavy (non-hydrogen) atoms. The van der Waals surface area contributed by atoms with Gasteiger partial charge in [-0.3, -0.25) is 0 Å². The molecule has 1 aromatic rings. The molecule has 1 rings (SSSR count). The fraction of sp³-hybridized carbons (Fsp3) is 0.562. The van der Waals surface area contributed by atoms with Crippen molar-refractivity contribution < 1.29 is 9.47 Å². The van der Waals surface area contributed by atoms with Crippen molar-refractivity contribution in [2.24, 2.45) is 4.99 Å². The Morgan fingerprint density at radius 1 is 1.09 bits per heavy atom. The predicted molar refractivity (Wildman–Crippen MR) is 102 cm³/mol. The van der Waals surface area contributed by atoms with Gasteiger partial charge in [0.15, 0.2) is 5.96 Å².